The van der Waals surface area contributed by atoms with Crippen molar-refractivity contribution in [1.29, 1.82) is 0 Å². The van der Waals surface area contributed by atoms with E-state index >= 15 is 0 Å². The molecule has 136 valence electrons. The number of hydrogen-bond donors (Lipinski definition) is 2. The average Bonchev–Trinajstić information content (AvgIpc) is 2.67. The van der Waals surface area contributed by atoms with E-state index in [1.54, 1.807) is 0 Å². The van der Waals surface area contributed by atoms with Crippen LogP contribution in [-0.4, -0.2) is 29.0 Å². The van der Waals surface area contributed by atoms with Crippen LogP contribution in [0.15, 0.2) is 65.9 Å². The van der Waals surface area contributed by atoms with Gasteiger partial charge in [0.1, 0.15) is 0 Å². The van der Waals surface area contributed by atoms with Crippen LogP contribution in [0, 0.1) is 0 Å². The molecule has 0 saturated carbocycles. The predicted molar refractivity (Wildman–Crippen MR) is 118 cm³/mol. The van der Waals surface area contributed by atoms with Gasteiger partial charge in [0, 0.05) is 43.0 Å². The van der Waals surface area contributed by atoms with Crippen LogP contribution in [0.2, 0.25) is 0 Å². The van der Waals surface area contributed by atoms with Crippen LogP contribution in [0.25, 0.3) is 10.9 Å². The Morgan fingerprint density at radius 2 is 1.81 bits per heavy atom. The van der Waals surface area contributed by atoms with Gasteiger partial charge in [0.25, 0.3) is 0 Å². The lowest BCUT2D eigenvalue weighted by atomic mass is 10.1. The van der Waals surface area contributed by atoms with E-state index in [0.29, 0.717) is 6.54 Å². The zero-order valence-corrected chi connectivity index (χ0v) is 17.2. The zero-order valence-electron chi connectivity index (χ0n) is 14.9. The SMILES string of the molecule is CCNC(=NCc1ccnc2ccccc12)NCCc1ccccn1.I. The summed E-state index contributed by atoms with van der Waals surface area (Å²) in [4.78, 5) is 13.5. The van der Waals surface area contributed by atoms with Crippen molar-refractivity contribution >= 4 is 40.8 Å². The van der Waals surface area contributed by atoms with Crippen molar-refractivity contribution in [2.75, 3.05) is 13.1 Å². The monoisotopic (exact) mass is 461 g/mol. The number of rotatable bonds is 6. The second kappa shape index (κ2) is 10.7. The Morgan fingerprint density at radius 1 is 0.962 bits per heavy atom. The summed E-state index contributed by atoms with van der Waals surface area (Å²) in [7, 11) is 0. The first-order chi connectivity index (χ1) is 12.4. The lowest BCUT2D eigenvalue weighted by molar-refractivity contribution is 0.788. The largest absolute Gasteiger partial charge is 0.357 e. The molecule has 0 amide bonds. The van der Waals surface area contributed by atoms with Crippen LogP contribution in [0.4, 0.5) is 0 Å². The fraction of sp³-hybridized carbons (Fsp3) is 0.250. The smallest absolute Gasteiger partial charge is 0.191 e. The van der Waals surface area contributed by atoms with Gasteiger partial charge in [-0.05, 0) is 36.8 Å². The summed E-state index contributed by atoms with van der Waals surface area (Å²) in [5.41, 5.74) is 3.25. The van der Waals surface area contributed by atoms with E-state index in [9.17, 15) is 0 Å². The zero-order chi connectivity index (χ0) is 17.3. The lowest BCUT2D eigenvalue weighted by Gasteiger charge is -2.11. The van der Waals surface area contributed by atoms with Crippen molar-refractivity contribution in [1.82, 2.24) is 20.6 Å². The Hall–Kier alpha value is -2.22. The minimum absolute atomic E-state index is 0. The molecule has 26 heavy (non-hydrogen) atoms. The van der Waals surface area contributed by atoms with Crippen LogP contribution >= 0.6 is 24.0 Å². The molecule has 0 unspecified atom stereocenters. The number of aliphatic imine (C=N–C) groups is 1. The van der Waals surface area contributed by atoms with Crippen molar-refractivity contribution in [3.63, 3.8) is 0 Å². The van der Waals surface area contributed by atoms with E-state index in [-0.39, 0.29) is 24.0 Å². The molecule has 0 bridgehead atoms. The van der Waals surface area contributed by atoms with Crippen LogP contribution < -0.4 is 10.6 Å². The third kappa shape index (κ3) is 5.66. The first kappa shape index (κ1) is 20.1. The van der Waals surface area contributed by atoms with Gasteiger partial charge in [-0.25, -0.2) is 4.99 Å². The molecule has 0 aliphatic carbocycles. The second-order valence-corrected chi connectivity index (χ2v) is 5.68. The van der Waals surface area contributed by atoms with Crippen molar-refractivity contribution in [3.8, 4) is 0 Å². The molecule has 0 radical (unpaired) electrons. The Balaban J connectivity index is 0.00000243. The maximum atomic E-state index is 4.71. The van der Waals surface area contributed by atoms with Gasteiger partial charge in [-0.3, -0.25) is 9.97 Å². The normalized spacial score (nSPS) is 11.0. The summed E-state index contributed by atoms with van der Waals surface area (Å²) < 4.78 is 0. The van der Waals surface area contributed by atoms with Gasteiger partial charge in [0.15, 0.2) is 5.96 Å². The van der Waals surface area contributed by atoms with E-state index in [1.165, 1.54) is 5.56 Å². The highest BCUT2D eigenvalue weighted by atomic mass is 127. The Kier molecular flexibility index (Phi) is 8.27. The molecule has 6 heteroatoms. The van der Waals surface area contributed by atoms with Crippen LogP contribution in [-0.2, 0) is 13.0 Å². The summed E-state index contributed by atoms with van der Waals surface area (Å²) in [6.07, 6.45) is 4.53. The van der Waals surface area contributed by atoms with E-state index in [2.05, 4.69) is 33.6 Å². The Bertz CT molecular complexity index is 830. The number of pyridine rings is 2. The highest BCUT2D eigenvalue weighted by Crippen LogP contribution is 2.16. The number of nitrogens with zero attached hydrogens (tertiary/aromatic N) is 3. The molecule has 0 spiro atoms. The van der Waals surface area contributed by atoms with E-state index < -0.39 is 0 Å². The molecule has 5 nitrogen and oxygen atoms in total. The highest BCUT2D eigenvalue weighted by molar-refractivity contribution is 14.0. The predicted octanol–water partition coefficient (Wildman–Crippen LogP) is 3.55. The molecule has 3 aromatic rings. The van der Waals surface area contributed by atoms with Gasteiger partial charge >= 0.3 is 0 Å². The topological polar surface area (TPSA) is 62.2 Å². The molecular formula is C20H24IN5. The van der Waals surface area contributed by atoms with Crippen LogP contribution in [0.3, 0.4) is 0 Å². The first-order valence-corrected chi connectivity index (χ1v) is 8.61. The number of para-hydroxylation sites is 1. The summed E-state index contributed by atoms with van der Waals surface area (Å²) >= 11 is 0. The van der Waals surface area contributed by atoms with Gasteiger partial charge in [0.2, 0.25) is 0 Å². The molecule has 0 fully saturated rings. The van der Waals surface area contributed by atoms with Gasteiger partial charge < -0.3 is 10.6 Å². The molecule has 1 aromatic carbocycles. The third-order valence-corrected chi connectivity index (χ3v) is 3.89. The Morgan fingerprint density at radius 3 is 2.62 bits per heavy atom. The van der Waals surface area contributed by atoms with Gasteiger partial charge in [-0.2, -0.15) is 0 Å². The van der Waals surface area contributed by atoms with Crippen LogP contribution in [0.5, 0.6) is 0 Å². The quantitative estimate of drug-likeness (QED) is 0.335. The highest BCUT2D eigenvalue weighted by Gasteiger charge is 2.02. The average molecular weight is 461 g/mol. The molecule has 3 rings (SSSR count). The second-order valence-electron chi connectivity index (χ2n) is 5.68. The molecular weight excluding hydrogens is 437 g/mol. The van der Waals surface area contributed by atoms with Crippen molar-refractivity contribution < 1.29 is 0 Å². The number of fused-ring (bicyclic) bond motifs is 1. The maximum Gasteiger partial charge on any atom is 0.191 e. The van der Waals surface area contributed by atoms with Gasteiger partial charge in [-0.1, -0.05) is 24.3 Å². The molecule has 2 heterocycles. The molecule has 0 aliphatic rings. The van der Waals surface area contributed by atoms with Crippen LogP contribution in [0.1, 0.15) is 18.2 Å². The third-order valence-electron chi connectivity index (χ3n) is 3.89. The van der Waals surface area contributed by atoms with Crippen molar-refractivity contribution in [3.05, 3.63) is 72.2 Å². The van der Waals surface area contributed by atoms with Crippen molar-refractivity contribution in [2.24, 2.45) is 4.99 Å². The lowest BCUT2D eigenvalue weighted by Crippen LogP contribution is -2.38. The summed E-state index contributed by atoms with van der Waals surface area (Å²) in [5.74, 6) is 0.819. The molecule has 0 aliphatic heterocycles. The van der Waals surface area contributed by atoms with Gasteiger partial charge in [0.05, 0.1) is 12.1 Å². The Labute approximate surface area is 171 Å². The molecule has 2 aromatic heterocycles. The van der Waals surface area contributed by atoms with E-state index in [1.807, 2.05) is 54.9 Å². The minimum Gasteiger partial charge on any atom is -0.357 e. The minimum atomic E-state index is 0. The first-order valence-electron chi connectivity index (χ1n) is 8.61. The fourth-order valence-corrected chi connectivity index (χ4v) is 2.65. The number of guanidine groups is 1. The molecule has 2 N–H and O–H groups in total. The maximum absolute atomic E-state index is 4.71. The number of nitrogens with one attached hydrogen (secondary N) is 2. The molecule has 0 saturated heterocycles. The van der Waals surface area contributed by atoms with E-state index in [0.717, 1.165) is 42.1 Å². The summed E-state index contributed by atoms with van der Waals surface area (Å²) in [6, 6.07) is 16.2. The summed E-state index contributed by atoms with van der Waals surface area (Å²) in [5, 5.41) is 7.81. The number of hydrogen-bond acceptors (Lipinski definition) is 3. The number of benzene rings is 1. The van der Waals surface area contributed by atoms with E-state index in [4.69, 9.17) is 4.99 Å². The fourth-order valence-electron chi connectivity index (χ4n) is 2.65. The molecule has 0 atom stereocenters. The number of aromatic nitrogens is 2. The summed E-state index contributed by atoms with van der Waals surface area (Å²) in [6.45, 7) is 4.30. The number of halogens is 1. The standard InChI is InChI=1S/C20H23N5.HI/c1-2-21-20(24-14-11-17-7-5-6-12-22-17)25-15-16-10-13-23-19-9-4-3-8-18(16)19;/h3-10,12-13H,2,11,14-15H2,1H3,(H2,21,24,25);1H. The van der Waals surface area contributed by atoms with Crippen molar-refractivity contribution in [2.45, 2.75) is 19.9 Å². The van der Waals surface area contributed by atoms with Gasteiger partial charge in [-0.15, -0.1) is 24.0 Å².